The molecule has 1 aromatic heterocycles. The van der Waals surface area contributed by atoms with Crippen LogP contribution in [0.1, 0.15) is 60.4 Å². The summed E-state index contributed by atoms with van der Waals surface area (Å²) in [5.74, 6) is -0.257. The van der Waals surface area contributed by atoms with Gasteiger partial charge in [0, 0.05) is 27.6 Å². The van der Waals surface area contributed by atoms with E-state index in [1.54, 1.807) is 0 Å². The van der Waals surface area contributed by atoms with E-state index in [1.807, 2.05) is 30.3 Å². The molecule has 2 N–H and O–H groups in total. The molecule has 0 bridgehead atoms. The Balaban J connectivity index is 1.17. The molecule has 1 aliphatic heterocycles. The third-order valence-electron chi connectivity index (χ3n) is 7.47. The van der Waals surface area contributed by atoms with Gasteiger partial charge in [-0.1, -0.05) is 34.1 Å². The number of nitriles is 1. The van der Waals surface area contributed by atoms with Gasteiger partial charge in [-0.15, -0.1) is 0 Å². The third kappa shape index (κ3) is 5.50. The van der Waals surface area contributed by atoms with Crippen LogP contribution in [0.5, 0.6) is 0 Å². The van der Waals surface area contributed by atoms with Crippen molar-refractivity contribution in [3.8, 4) is 6.07 Å². The molecule has 1 aliphatic rings. The fraction of sp³-hybridized carbons (Fsp3) is 0.323. The van der Waals surface area contributed by atoms with Crippen molar-refractivity contribution in [2.75, 3.05) is 6.54 Å². The molecule has 0 saturated carbocycles. The van der Waals surface area contributed by atoms with Crippen molar-refractivity contribution in [3.63, 3.8) is 0 Å². The number of aromatic nitrogens is 1. The number of nitrogens with one attached hydrogen (secondary N) is 2. The van der Waals surface area contributed by atoms with Crippen LogP contribution in [0.25, 0.3) is 10.9 Å². The molecule has 5 rings (SSSR count). The summed E-state index contributed by atoms with van der Waals surface area (Å²) in [6, 6.07) is 21.4. The molecule has 2 heterocycles. The Labute approximate surface area is 226 Å². The molecule has 0 radical (unpaired) electrons. The fourth-order valence-electron chi connectivity index (χ4n) is 5.51. The van der Waals surface area contributed by atoms with Crippen molar-refractivity contribution in [2.45, 2.75) is 57.3 Å². The Bertz CT molecular complexity index is 1420. The van der Waals surface area contributed by atoms with Crippen molar-refractivity contribution in [2.24, 2.45) is 0 Å². The SMILES string of the molecule is CC(CCCc1c[nH]c2ccc(Br)cc12)NCCCC1(c2ccc(F)cc2)OCc2cc(C#N)ccc21. The normalized spacial score (nSPS) is 17.6. The van der Waals surface area contributed by atoms with Crippen LogP contribution in [0.4, 0.5) is 4.39 Å². The number of halogens is 2. The van der Waals surface area contributed by atoms with Crippen LogP contribution >= 0.6 is 15.9 Å². The highest BCUT2D eigenvalue weighted by Crippen LogP contribution is 2.45. The fourth-order valence-corrected chi connectivity index (χ4v) is 5.87. The van der Waals surface area contributed by atoms with Crippen LogP contribution in [0.2, 0.25) is 0 Å². The highest BCUT2D eigenvalue weighted by Gasteiger charge is 2.41. The molecule has 0 spiro atoms. The zero-order valence-electron chi connectivity index (χ0n) is 21.0. The monoisotopic (exact) mass is 559 g/mol. The largest absolute Gasteiger partial charge is 0.361 e. The summed E-state index contributed by atoms with van der Waals surface area (Å²) in [6.45, 7) is 3.57. The van der Waals surface area contributed by atoms with E-state index in [1.165, 1.54) is 28.6 Å². The average Bonchev–Trinajstić information content (AvgIpc) is 3.48. The first-order valence-corrected chi connectivity index (χ1v) is 13.7. The molecule has 2 atom stereocenters. The minimum atomic E-state index is -0.619. The van der Waals surface area contributed by atoms with Crippen molar-refractivity contribution >= 4 is 26.8 Å². The van der Waals surface area contributed by atoms with E-state index in [0.717, 1.165) is 59.8 Å². The molecule has 37 heavy (non-hydrogen) atoms. The molecule has 3 aromatic carbocycles. The second kappa shape index (κ2) is 11.2. The Morgan fingerprint density at radius 1 is 1.14 bits per heavy atom. The maximum absolute atomic E-state index is 13.7. The highest BCUT2D eigenvalue weighted by atomic mass is 79.9. The molecular formula is C31H31BrFN3O. The number of nitrogens with zero attached hydrogens (tertiary/aromatic N) is 1. The third-order valence-corrected chi connectivity index (χ3v) is 7.96. The molecule has 2 unspecified atom stereocenters. The molecule has 190 valence electrons. The summed E-state index contributed by atoms with van der Waals surface area (Å²) in [5.41, 5.74) is 5.63. The van der Waals surface area contributed by atoms with Crippen LogP contribution in [-0.2, 0) is 23.4 Å². The molecular weight excluding hydrogens is 529 g/mol. The van der Waals surface area contributed by atoms with Crippen LogP contribution in [0.3, 0.4) is 0 Å². The first-order valence-electron chi connectivity index (χ1n) is 12.9. The second-order valence-corrected chi connectivity index (χ2v) is 10.9. The van der Waals surface area contributed by atoms with Gasteiger partial charge in [0.2, 0.25) is 0 Å². The number of rotatable bonds is 10. The Morgan fingerprint density at radius 3 is 2.78 bits per heavy atom. The predicted octanol–water partition coefficient (Wildman–Crippen LogP) is 7.50. The minimum absolute atomic E-state index is 0.257. The van der Waals surface area contributed by atoms with E-state index in [2.05, 4.69) is 63.6 Å². The van der Waals surface area contributed by atoms with Gasteiger partial charge in [0.25, 0.3) is 0 Å². The minimum Gasteiger partial charge on any atom is -0.361 e. The molecule has 4 aromatic rings. The van der Waals surface area contributed by atoms with Gasteiger partial charge < -0.3 is 15.0 Å². The van der Waals surface area contributed by atoms with Crippen LogP contribution in [0.15, 0.2) is 71.3 Å². The Kier molecular flexibility index (Phi) is 7.76. The number of aromatic amines is 1. The maximum Gasteiger partial charge on any atom is 0.123 e. The molecule has 0 saturated heterocycles. The lowest BCUT2D eigenvalue weighted by atomic mass is 9.81. The average molecular weight is 561 g/mol. The van der Waals surface area contributed by atoms with Gasteiger partial charge in [0.05, 0.1) is 18.2 Å². The van der Waals surface area contributed by atoms with Gasteiger partial charge in [-0.2, -0.15) is 5.26 Å². The number of benzene rings is 3. The zero-order valence-corrected chi connectivity index (χ0v) is 22.6. The maximum atomic E-state index is 13.7. The van der Waals surface area contributed by atoms with Crippen LogP contribution in [0, 0.1) is 17.1 Å². The van der Waals surface area contributed by atoms with Crippen LogP contribution in [-0.4, -0.2) is 17.6 Å². The summed E-state index contributed by atoms with van der Waals surface area (Å²) >= 11 is 3.58. The number of fused-ring (bicyclic) bond motifs is 2. The Morgan fingerprint density at radius 2 is 1.97 bits per heavy atom. The summed E-state index contributed by atoms with van der Waals surface area (Å²) in [4.78, 5) is 3.37. The van der Waals surface area contributed by atoms with Crippen molar-refractivity contribution in [1.29, 1.82) is 5.26 Å². The summed E-state index contributed by atoms with van der Waals surface area (Å²) in [5, 5.41) is 14.3. The van der Waals surface area contributed by atoms with Gasteiger partial charge in [-0.25, -0.2) is 4.39 Å². The molecule has 0 fully saturated rings. The number of H-pyrrole nitrogens is 1. The molecule has 4 nitrogen and oxygen atoms in total. The standard InChI is InChI=1S/C31H31BrFN3O/c1-21(4-2-5-23-19-36-30-13-9-26(32)17-28(23)30)35-15-3-14-31(25-7-10-27(33)11-8-25)29-12-6-22(18-34)16-24(29)20-37-31/h6-13,16-17,19,21,35-36H,2-5,14-15,20H2,1H3. The van der Waals surface area contributed by atoms with Gasteiger partial charge >= 0.3 is 0 Å². The molecule has 0 amide bonds. The summed E-state index contributed by atoms with van der Waals surface area (Å²) < 4.78 is 21.2. The predicted molar refractivity (Wildman–Crippen MR) is 149 cm³/mol. The first kappa shape index (κ1) is 25.7. The van der Waals surface area contributed by atoms with E-state index in [0.29, 0.717) is 18.2 Å². The molecule has 0 aliphatic carbocycles. The van der Waals surface area contributed by atoms with E-state index >= 15 is 0 Å². The zero-order chi connectivity index (χ0) is 25.8. The lowest BCUT2D eigenvalue weighted by molar-refractivity contribution is -0.0130. The highest BCUT2D eigenvalue weighted by molar-refractivity contribution is 9.10. The Hall–Kier alpha value is -2.98. The number of ether oxygens (including phenoxy) is 1. The van der Waals surface area contributed by atoms with Crippen molar-refractivity contribution in [3.05, 3.63) is 105 Å². The number of hydrogen-bond donors (Lipinski definition) is 2. The smallest absolute Gasteiger partial charge is 0.123 e. The van der Waals surface area contributed by atoms with E-state index in [-0.39, 0.29) is 5.82 Å². The van der Waals surface area contributed by atoms with E-state index in [4.69, 9.17) is 4.74 Å². The van der Waals surface area contributed by atoms with Gasteiger partial charge in [-0.3, -0.25) is 0 Å². The topological polar surface area (TPSA) is 60.8 Å². The van der Waals surface area contributed by atoms with Crippen molar-refractivity contribution < 1.29 is 9.13 Å². The van der Waals surface area contributed by atoms with Gasteiger partial charge in [-0.05, 0) is 110 Å². The summed E-state index contributed by atoms with van der Waals surface area (Å²) in [7, 11) is 0. The first-order chi connectivity index (χ1) is 18.0. The van der Waals surface area contributed by atoms with E-state index in [9.17, 15) is 9.65 Å². The number of aryl methyl sites for hydroxylation is 1. The van der Waals surface area contributed by atoms with Gasteiger partial charge in [0.1, 0.15) is 11.4 Å². The van der Waals surface area contributed by atoms with E-state index < -0.39 is 5.60 Å². The van der Waals surface area contributed by atoms with Crippen LogP contribution < -0.4 is 5.32 Å². The lowest BCUT2D eigenvalue weighted by Gasteiger charge is -2.31. The quantitative estimate of drug-likeness (QED) is 0.198. The van der Waals surface area contributed by atoms with Gasteiger partial charge in [0.15, 0.2) is 0 Å². The summed E-state index contributed by atoms with van der Waals surface area (Å²) in [6.07, 6.45) is 7.08. The second-order valence-electron chi connectivity index (χ2n) is 9.96. The number of hydrogen-bond acceptors (Lipinski definition) is 3. The van der Waals surface area contributed by atoms with Crippen molar-refractivity contribution in [1.82, 2.24) is 10.3 Å². The lowest BCUT2D eigenvalue weighted by Crippen LogP contribution is -2.31. The molecule has 6 heteroatoms.